The zero-order chi connectivity index (χ0) is 11.8. The van der Waals surface area contributed by atoms with Crippen LogP contribution in [0.2, 0.25) is 0 Å². The predicted octanol–water partition coefficient (Wildman–Crippen LogP) is 3.23. The zero-order valence-electron chi connectivity index (χ0n) is 10.5. The van der Waals surface area contributed by atoms with E-state index >= 15 is 0 Å². The van der Waals surface area contributed by atoms with Crippen LogP contribution in [0.3, 0.4) is 0 Å². The molecule has 3 nitrogen and oxygen atoms in total. The average Bonchev–Trinajstić information content (AvgIpc) is 3.12. The summed E-state index contributed by atoms with van der Waals surface area (Å²) in [7, 11) is 0. The van der Waals surface area contributed by atoms with Crippen LogP contribution >= 0.6 is 11.5 Å². The molecule has 0 amide bonds. The summed E-state index contributed by atoms with van der Waals surface area (Å²) in [4.78, 5) is 2.54. The molecule has 4 heteroatoms. The summed E-state index contributed by atoms with van der Waals surface area (Å²) in [6.07, 6.45) is 6.62. The number of nitrogens with two attached hydrogens (primary N) is 1. The fourth-order valence-electron chi connectivity index (χ4n) is 2.87. The van der Waals surface area contributed by atoms with Crippen molar-refractivity contribution >= 4 is 22.4 Å². The second-order valence-electron chi connectivity index (χ2n) is 5.42. The minimum atomic E-state index is 0.714. The Morgan fingerprint density at radius 3 is 2.94 bits per heavy atom. The third kappa shape index (κ3) is 2.15. The molecule has 94 valence electrons. The van der Waals surface area contributed by atoms with Gasteiger partial charge in [0.2, 0.25) is 0 Å². The van der Waals surface area contributed by atoms with Crippen LogP contribution in [0.4, 0.5) is 10.8 Å². The van der Waals surface area contributed by atoms with Crippen LogP contribution in [-0.4, -0.2) is 17.5 Å². The lowest BCUT2D eigenvalue weighted by atomic mass is 9.95. The molecule has 0 spiro atoms. The van der Waals surface area contributed by atoms with Crippen LogP contribution in [0.5, 0.6) is 0 Å². The molecule has 0 radical (unpaired) electrons. The largest absolute Gasteiger partial charge is 0.383 e. The topological polar surface area (TPSA) is 42.2 Å². The van der Waals surface area contributed by atoms with Crippen molar-refractivity contribution in [2.24, 2.45) is 5.92 Å². The Morgan fingerprint density at radius 2 is 2.24 bits per heavy atom. The molecule has 1 saturated heterocycles. The summed E-state index contributed by atoms with van der Waals surface area (Å²) in [5.74, 6) is 2.37. The van der Waals surface area contributed by atoms with Gasteiger partial charge in [-0.15, -0.1) is 0 Å². The Kier molecular flexibility index (Phi) is 2.99. The second-order valence-corrected chi connectivity index (χ2v) is 6.18. The van der Waals surface area contributed by atoms with Crippen molar-refractivity contribution in [2.75, 3.05) is 23.7 Å². The number of rotatable bonds is 3. The first-order chi connectivity index (χ1) is 8.29. The van der Waals surface area contributed by atoms with E-state index in [0.717, 1.165) is 11.7 Å². The third-order valence-electron chi connectivity index (χ3n) is 4.11. The Bertz CT molecular complexity index is 397. The van der Waals surface area contributed by atoms with Gasteiger partial charge >= 0.3 is 0 Å². The molecule has 1 unspecified atom stereocenters. The molecule has 1 aliphatic heterocycles. The van der Waals surface area contributed by atoms with Crippen LogP contribution in [0.1, 0.15) is 50.5 Å². The fourth-order valence-corrected chi connectivity index (χ4v) is 3.80. The SMILES string of the molecule is CCC1CCCN(c2snc(N)c2C2CC2)C1. The average molecular weight is 251 g/mol. The summed E-state index contributed by atoms with van der Waals surface area (Å²) < 4.78 is 4.38. The van der Waals surface area contributed by atoms with E-state index in [0.29, 0.717) is 5.92 Å². The molecule has 2 fully saturated rings. The highest BCUT2D eigenvalue weighted by Crippen LogP contribution is 2.49. The van der Waals surface area contributed by atoms with Crippen LogP contribution in [0, 0.1) is 5.92 Å². The Morgan fingerprint density at radius 1 is 1.41 bits per heavy atom. The summed E-state index contributed by atoms with van der Waals surface area (Å²) >= 11 is 1.61. The smallest absolute Gasteiger partial charge is 0.142 e. The highest BCUT2D eigenvalue weighted by Gasteiger charge is 2.33. The number of nitrogen functional groups attached to an aromatic ring is 1. The van der Waals surface area contributed by atoms with Crippen molar-refractivity contribution in [3.63, 3.8) is 0 Å². The first-order valence-electron chi connectivity index (χ1n) is 6.79. The molecule has 1 atom stereocenters. The van der Waals surface area contributed by atoms with Crippen molar-refractivity contribution in [1.82, 2.24) is 4.37 Å². The van der Waals surface area contributed by atoms with Crippen LogP contribution in [-0.2, 0) is 0 Å². The molecule has 2 N–H and O–H groups in total. The van der Waals surface area contributed by atoms with Crippen LogP contribution in [0.25, 0.3) is 0 Å². The van der Waals surface area contributed by atoms with E-state index < -0.39 is 0 Å². The maximum absolute atomic E-state index is 6.03. The van der Waals surface area contributed by atoms with Crippen LogP contribution in [0.15, 0.2) is 0 Å². The monoisotopic (exact) mass is 251 g/mol. The maximum Gasteiger partial charge on any atom is 0.142 e. The Balaban J connectivity index is 1.83. The molecule has 1 aromatic heterocycles. The number of hydrogen-bond acceptors (Lipinski definition) is 4. The Labute approximate surface area is 107 Å². The van der Waals surface area contributed by atoms with Gasteiger partial charge in [-0.3, -0.25) is 0 Å². The van der Waals surface area contributed by atoms with Gasteiger partial charge in [0.05, 0.1) is 0 Å². The number of nitrogens with zero attached hydrogens (tertiary/aromatic N) is 2. The number of aromatic nitrogens is 1. The highest BCUT2D eigenvalue weighted by atomic mass is 32.1. The molecule has 2 aliphatic rings. The van der Waals surface area contributed by atoms with E-state index in [4.69, 9.17) is 5.73 Å². The van der Waals surface area contributed by atoms with Gasteiger partial charge in [0, 0.05) is 18.7 Å². The van der Waals surface area contributed by atoms with Gasteiger partial charge in [0.25, 0.3) is 0 Å². The van der Waals surface area contributed by atoms with E-state index in [-0.39, 0.29) is 0 Å². The third-order valence-corrected chi connectivity index (χ3v) is 5.05. The molecule has 1 saturated carbocycles. The lowest BCUT2D eigenvalue weighted by Crippen LogP contribution is -2.35. The van der Waals surface area contributed by atoms with Gasteiger partial charge in [0.15, 0.2) is 0 Å². The normalized spacial score (nSPS) is 25.2. The summed E-state index contributed by atoms with van der Waals surface area (Å²) in [5, 5.41) is 1.38. The molecule has 0 aromatic carbocycles. The van der Waals surface area contributed by atoms with Gasteiger partial charge in [0.1, 0.15) is 10.8 Å². The summed E-state index contributed by atoms with van der Waals surface area (Å²) in [6, 6.07) is 0. The minimum absolute atomic E-state index is 0.714. The molecular formula is C13H21N3S. The minimum Gasteiger partial charge on any atom is -0.383 e. The van der Waals surface area contributed by atoms with E-state index in [1.54, 1.807) is 11.5 Å². The van der Waals surface area contributed by atoms with Crippen molar-refractivity contribution in [3.05, 3.63) is 5.56 Å². The van der Waals surface area contributed by atoms with E-state index in [1.165, 1.54) is 55.8 Å². The van der Waals surface area contributed by atoms with E-state index in [1.807, 2.05) is 0 Å². The van der Waals surface area contributed by atoms with Crippen molar-refractivity contribution in [2.45, 2.75) is 44.9 Å². The highest BCUT2D eigenvalue weighted by molar-refractivity contribution is 7.10. The van der Waals surface area contributed by atoms with Crippen molar-refractivity contribution < 1.29 is 0 Å². The molecule has 3 rings (SSSR count). The Hall–Kier alpha value is -0.770. The molecule has 17 heavy (non-hydrogen) atoms. The van der Waals surface area contributed by atoms with E-state index in [9.17, 15) is 0 Å². The van der Waals surface area contributed by atoms with Crippen molar-refractivity contribution in [1.29, 1.82) is 0 Å². The molecule has 0 bridgehead atoms. The predicted molar refractivity (Wildman–Crippen MR) is 73.7 cm³/mol. The number of hydrogen-bond donors (Lipinski definition) is 1. The molecule has 1 aromatic rings. The van der Waals surface area contributed by atoms with Gasteiger partial charge in [-0.25, -0.2) is 0 Å². The summed E-state index contributed by atoms with van der Waals surface area (Å²) in [6.45, 7) is 4.70. The number of anilines is 2. The summed E-state index contributed by atoms with van der Waals surface area (Å²) in [5.41, 5.74) is 7.40. The first kappa shape index (κ1) is 11.3. The standard InChI is InChI=1S/C13H21N3S/c1-2-9-4-3-7-16(8-9)13-11(10-5-6-10)12(14)15-17-13/h9-10H,2-8H2,1H3,(H2,14,15). The van der Waals surface area contributed by atoms with Crippen molar-refractivity contribution in [3.8, 4) is 0 Å². The molecule has 2 heterocycles. The zero-order valence-corrected chi connectivity index (χ0v) is 11.3. The van der Waals surface area contributed by atoms with E-state index in [2.05, 4.69) is 16.2 Å². The lowest BCUT2D eigenvalue weighted by Gasteiger charge is -2.33. The maximum atomic E-state index is 6.03. The van der Waals surface area contributed by atoms with Gasteiger partial charge in [-0.05, 0) is 49.1 Å². The molecular weight excluding hydrogens is 230 g/mol. The van der Waals surface area contributed by atoms with Gasteiger partial charge < -0.3 is 10.6 Å². The number of piperidine rings is 1. The molecule has 1 aliphatic carbocycles. The fraction of sp³-hybridized carbons (Fsp3) is 0.769. The lowest BCUT2D eigenvalue weighted by molar-refractivity contribution is 0.405. The first-order valence-corrected chi connectivity index (χ1v) is 7.57. The quantitative estimate of drug-likeness (QED) is 0.897. The van der Waals surface area contributed by atoms with Crippen LogP contribution < -0.4 is 10.6 Å². The van der Waals surface area contributed by atoms with Gasteiger partial charge in [-0.1, -0.05) is 13.3 Å². The van der Waals surface area contributed by atoms with Gasteiger partial charge in [-0.2, -0.15) is 4.37 Å². The second kappa shape index (κ2) is 4.48.